The second kappa shape index (κ2) is 13.4. The Kier molecular flexibility index (Phi) is 11.6. The Morgan fingerprint density at radius 2 is 1.72 bits per heavy atom. The molecule has 0 aliphatic carbocycles. The molecule has 0 radical (unpaired) electrons. The second-order valence-corrected chi connectivity index (χ2v) is 6.36. The molecule has 2 N–H and O–H groups in total. The summed E-state index contributed by atoms with van der Waals surface area (Å²) in [7, 11) is 4.97. The van der Waals surface area contributed by atoms with Gasteiger partial charge in [-0.25, -0.2) is 0 Å². The molecule has 0 heterocycles. The van der Waals surface area contributed by atoms with Gasteiger partial charge in [-0.2, -0.15) is 0 Å². The first kappa shape index (κ1) is 25.2. The van der Waals surface area contributed by atoms with E-state index < -0.39 is 0 Å². The lowest BCUT2D eigenvalue weighted by molar-refractivity contribution is 0.288. The molecule has 0 amide bonds. The molecule has 2 aromatic carbocycles. The number of ether oxygens (including phenoxy) is 3. The van der Waals surface area contributed by atoms with Gasteiger partial charge < -0.3 is 24.8 Å². The third-order valence-electron chi connectivity index (χ3n) is 4.14. The molecule has 0 aromatic heterocycles. The van der Waals surface area contributed by atoms with Gasteiger partial charge in [-0.1, -0.05) is 29.8 Å². The van der Waals surface area contributed by atoms with Gasteiger partial charge in [0.15, 0.2) is 17.5 Å². The third-order valence-corrected chi connectivity index (χ3v) is 4.51. The van der Waals surface area contributed by atoms with Crippen molar-refractivity contribution in [2.45, 2.75) is 19.9 Å². The van der Waals surface area contributed by atoms with Crippen LogP contribution in [0.4, 0.5) is 0 Å². The molecule has 0 fully saturated rings. The summed E-state index contributed by atoms with van der Waals surface area (Å²) in [6.07, 6.45) is 0.811. The molecule has 0 saturated heterocycles. The van der Waals surface area contributed by atoms with Gasteiger partial charge in [-0.15, -0.1) is 24.0 Å². The molecule has 0 aliphatic rings. The van der Waals surface area contributed by atoms with E-state index in [1.807, 2.05) is 43.3 Å². The van der Waals surface area contributed by atoms with Crippen LogP contribution in [0.2, 0.25) is 5.02 Å². The molecule has 0 saturated carbocycles. The fourth-order valence-corrected chi connectivity index (χ4v) is 2.98. The van der Waals surface area contributed by atoms with Crippen molar-refractivity contribution in [1.82, 2.24) is 10.6 Å². The Balaban J connectivity index is 0.00000420. The van der Waals surface area contributed by atoms with E-state index in [0.29, 0.717) is 36.4 Å². The van der Waals surface area contributed by atoms with E-state index in [0.717, 1.165) is 29.1 Å². The smallest absolute Gasteiger partial charge is 0.203 e. The Labute approximate surface area is 195 Å². The predicted molar refractivity (Wildman–Crippen MR) is 129 cm³/mol. The van der Waals surface area contributed by atoms with Crippen molar-refractivity contribution in [3.8, 4) is 17.2 Å². The zero-order valence-corrected chi connectivity index (χ0v) is 20.3. The summed E-state index contributed by atoms with van der Waals surface area (Å²) in [6, 6.07) is 11.7. The summed E-state index contributed by atoms with van der Waals surface area (Å²) in [4.78, 5) is 4.26. The van der Waals surface area contributed by atoms with Crippen LogP contribution in [0.3, 0.4) is 0 Å². The lowest BCUT2D eigenvalue weighted by atomic mass is 10.1. The largest absolute Gasteiger partial charge is 0.493 e. The van der Waals surface area contributed by atoms with Crippen molar-refractivity contribution in [3.63, 3.8) is 0 Å². The molecule has 2 aromatic rings. The first-order valence-corrected chi connectivity index (χ1v) is 9.56. The van der Waals surface area contributed by atoms with Gasteiger partial charge in [0.25, 0.3) is 0 Å². The first-order valence-electron chi connectivity index (χ1n) is 9.18. The number of rotatable bonds is 9. The summed E-state index contributed by atoms with van der Waals surface area (Å²) in [5.41, 5.74) is 2.10. The highest BCUT2D eigenvalue weighted by Crippen LogP contribution is 2.38. The van der Waals surface area contributed by atoms with Crippen LogP contribution >= 0.6 is 35.6 Å². The molecule has 160 valence electrons. The molecule has 0 aliphatic heterocycles. The Morgan fingerprint density at radius 3 is 2.28 bits per heavy atom. The number of guanidine groups is 1. The van der Waals surface area contributed by atoms with Crippen molar-refractivity contribution in [2.75, 3.05) is 34.4 Å². The fraction of sp³-hybridized carbons (Fsp3) is 0.381. The van der Waals surface area contributed by atoms with E-state index in [9.17, 15) is 0 Å². The number of nitrogens with one attached hydrogen (secondary N) is 2. The molecule has 8 heteroatoms. The number of nitrogens with zero attached hydrogens (tertiary/aromatic N) is 1. The van der Waals surface area contributed by atoms with E-state index in [4.69, 9.17) is 25.8 Å². The number of aliphatic imine (C=N–C) groups is 1. The normalized spacial score (nSPS) is 10.7. The van der Waals surface area contributed by atoms with Crippen molar-refractivity contribution in [2.24, 2.45) is 4.99 Å². The lowest BCUT2D eigenvalue weighted by Gasteiger charge is -2.16. The van der Waals surface area contributed by atoms with Crippen LogP contribution in [0.15, 0.2) is 41.4 Å². The highest BCUT2D eigenvalue weighted by molar-refractivity contribution is 14.0. The van der Waals surface area contributed by atoms with E-state index in [-0.39, 0.29) is 24.0 Å². The van der Waals surface area contributed by atoms with Crippen LogP contribution in [-0.2, 0) is 13.0 Å². The second-order valence-electron chi connectivity index (χ2n) is 5.96. The van der Waals surface area contributed by atoms with Gasteiger partial charge in [0.1, 0.15) is 0 Å². The Morgan fingerprint density at radius 1 is 1.07 bits per heavy atom. The minimum Gasteiger partial charge on any atom is -0.493 e. The Bertz CT molecular complexity index is 777. The maximum atomic E-state index is 6.20. The maximum Gasteiger partial charge on any atom is 0.203 e. The van der Waals surface area contributed by atoms with E-state index in [1.165, 1.54) is 0 Å². The topological polar surface area (TPSA) is 64.1 Å². The van der Waals surface area contributed by atoms with Gasteiger partial charge in [0.05, 0.1) is 20.8 Å². The lowest BCUT2D eigenvalue weighted by Crippen LogP contribution is -2.37. The molecule has 2 rings (SSSR count). The van der Waals surface area contributed by atoms with Crippen LogP contribution in [0.1, 0.15) is 18.1 Å². The van der Waals surface area contributed by atoms with Gasteiger partial charge >= 0.3 is 0 Å². The van der Waals surface area contributed by atoms with E-state index in [2.05, 4.69) is 15.6 Å². The molecular weight excluding hydrogens is 505 g/mol. The minimum absolute atomic E-state index is 0. The summed E-state index contributed by atoms with van der Waals surface area (Å²) < 4.78 is 16.5. The summed E-state index contributed by atoms with van der Waals surface area (Å²) in [6.45, 7) is 3.74. The number of methoxy groups -OCH3 is 2. The maximum absolute atomic E-state index is 6.20. The molecule has 0 spiro atoms. The van der Waals surface area contributed by atoms with Gasteiger partial charge in [0.2, 0.25) is 5.75 Å². The predicted octanol–water partition coefficient (Wildman–Crippen LogP) is 4.28. The summed E-state index contributed by atoms with van der Waals surface area (Å²) in [5.74, 6) is 2.59. The van der Waals surface area contributed by atoms with Gasteiger partial charge in [-0.05, 0) is 42.7 Å². The van der Waals surface area contributed by atoms with Crippen molar-refractivity contribution in [3.05, 3.63) is 52.5 Å². The highest BCUT2D eigenvalue weighted by atomic mass is 127. The number of benzene rings is 2. The Hall–Kier alpha value is -1.87. The average Bonchev–Trinajstić information content (AvgIpc) is 2.72. The van der Waals surface area contributed by atoms with Crippen molar-refractivity contribution < 1.29 is 14.2 Å². The van der Waals surface area contributed by atoms with E-state index >= 15 is 0 Å². The standard InChI is InChI=1S/C21H28ClN3O3.HI/c1-5-28-20-18(26-3)12-15(13-19(20)27-4)14-25-21(23-2)24-11-10-16-8-6-7-9-17(16)22;/h6-9,12-13H,5,10-11,14H2,1-4H3,(H2,23,24,25);1H. The highest BCUT2D eigenvalue weighted by Gasteiger charge is 2.14. The molecule has 0 bridgehead atoms. The van der Waals surface area contributed by atoms with Gasteiger partial charge in [0, 0.05) is 25.2 Å². The van der Waals surface area contributed by atoms with Crippen LogP contribution in [-0.4, -0.2) is 40.4 Å². The number of hydrogen-bond donors (Lipinski definition) is 2. The van der Waals surface area contributed by atoms with Crippen LogP contribution in [0.5, 0.6) is 17.2 Å². The fourth-order valence-electron chi connectivity index (χ4n) is 2.75. The average molecular weight is 534 g/mol. The summed E-state index contributed by atoms with van der Waals surface area (Å²) >= 11 is 6.20. The molecule has 0 unspecified atom stereocenters. The molecule has 6 nitrogen and oxygen atoms in total. The zero-order valence-electron chi connectivity index (χ0n) is 17.3. The number of halogens is 2. The van der Waals surface area contributed by atoms with E-state index in [1.54, 1.807) is 21.3 Å². The third kappa shape index (κ3) is 7.47. The SMILES string of the molecule is CCOc1c(OC)cc(CNC(=NC)NCCc2ccccc2Cl)cc1OC.I. The molecule has 0 atom stereocenters. The van der Waals surface area contributed by atoms with Gasteiger partial charge in [-0.3, -0.25) is 4.99 Å². The zero-order chi connectivity index (χ0) is 20.4. The van der Waals surface area contributed by atoms with Crippen LogP contribution < -0.4 is 24.8 Å². The summed E-state index contributed by atoms with van der Waals surface area (Å²) in [5, 5.41) is 7.37. The monoisotopic (exact) mass is 533 g/mol. The molecular formula is C21H29ClIN3O3. The molecule has 29 heavy (non-hydrogen) atoms. The van der Waals surface area contributed by atoms with Crippen LogP contribution in [0.25, 0.3) is 0 Å². The minimum atomic E-state index is 0. The quantitative estimate of drug-likeness (QED) is 0.286. The first-order chi connectivity index (χ1) is 13.6. The van der Waals surface area contributed by atoms with Crippen LogP contribution in [0, 0.1) is 0 Å². The number of hydrogen-bond acceptors (Lipinski definition) is 4. The van der Waals surface area contributed by atoms with Crippen molar-refractivity contribution >= 4 is 41.5 Å². The van der Waals surface area contributed by atoms with Crippen molar-refractivity contribution in [1.29, 1.82) is 0 Å².